The molecule has 0 saturated carbocycles. The first-order valence-corrected chi connectivity index (χ1v) is 5.30. The van der Waals surface area contributed by atoms with Crippen LogP contribution in [0.1, 0.15) is 24.2 Å². The Bertz CT molecular complexity index is 351. The summed E-state index contributed by atoms with van der Waals surface area (Å²) in [5.41, 5.74) is 2.20. The highest BCUT2D eigenvalue weighted by molar-refractivity contribution is 5.38. The smallest absolute Gasteiger partial charge is 0.119 e. The van der Waals surface area contributed by atoms with Crippen molar-refractivity contribution in [3.63, 3.8) is 0 Å². The molecule has 82 valence electrons. The Hall–Kier alpha value is -1.06. The van der Waals surface area contributed by atoms with Crippen molar-refractivity contribution in [3.05, 3.63) is 29.3 Å². The average Bonchev–Trinajstić information content (AvgIpc) is 2.40. The van der Waals surface area contributed by atoms with E-state index in [-0.39, 0.29) is 6.04 Å². The highest BCUT2D eigenvalue weighted by atomic mass is 16.5. The largest absolute Gasteiger partial charge is 0.497 e. The van der Waals surface area contributed by atoms with Gasteiger partial charge in [0.05, 0.1) is 13.2 Å². The van der Waals surface area contributed by atoms with Gasteiger partial charge in [-0.2, -0.15) is 0 Å². The number of nitrogens with one attached hydrogen (secondary N) is 1. The lowest BCUT2D eigenvalue weighted by molar-refractivity contribution is 0.140. The van der Waals surface area contributed by atoms with Crippen LogP contribution in [0.25, 0.3) is 0 Å². The first-order chi connectivity index (χ1) is 7.22. The van der Waals surface area contributed by atoms with E-state index in [1.165, 1.54) is 5.56 Å². The summed E-state index contributed by atoms with van der Waals surface area (Å²) in [6, 6.07) is 5.99. The molecular formula is C12H17NO2. The summed E-state index contributed by atoms with van der Waals surface area (Å²) in [6.07, 6.45) is 0.516. The highest BCUT2D eigenvalue weighted by Gasteiger charge is 2.22. The number of aliphatic hydroxyl groups excluding tert-OH is 1. The van der Waals surface area contributed by atoms with Gasteiger partial charge in [0.2, 0.25) is 0 Å². The zero-order valence-electron chi connectivity index (χ0n) is 9.16. The van der Waals surface area contributed by atoms with Crippen LogP contribution in [0.15, 0.2) is 18.2 Å². The highest BCUT2D eigenvalue weighted by Crippen LogP contribution is 2.27. The molecule has 0 spiro atoms. The Kier molecular flexibility index (Phi) is 2.93. The zero-order valence-corrected chi connectivity index (χ0v) is 9.16. The van der Waals surface area contributed by atoms with Gasteiger partial charge in [-0.3, -0.25) is 0 Å². The minimum absolute atomic E-state index is 0.111. The third-order valence-corrected chi connectivity index (χ3v) is 3.00. The molecular weight excluding hydrogens is 190 g/mol. The fraction of sp³-hybridized carbons (Fsp3) is 0.500. The molecule has 1 aliphatic heterocycles. The molecule has 3 heteroatoms. The van der Waals surface area contributed by atoms with E-state index in [2.05, 4.69) is 5.32 Å². The lowest BCUT2D eigenvalue weighted by Crippen LogP contribution is -2.30. The average molecular weight is 207 g/mol. The summed E-state index contributed by atoms with van der Waals surface area (Å²) < 4.78 is 5.18. The Balaban J connectivity index is 2.39. The van der Waals surface area contributed by atoms with Gasteiger partial charge in [0, 0.05) is 6.04 Å². The van der Waals surface area contributed by atoms with E-state index in [9.17, 15) is 5.11 Å². The van der Waals surface area contributed by atoms with Crippen molar-refractivity contribution in [2.24, 2.45) is 0 Å². The summed E-state index contributed by atoms with van der Waals surface area (Å²) in [6.45, 7) is 2.91. The number of fused-ring (bicyclic) bond motifs is 1. The van der Waals surface area contributed by atoms with Crippen LogP contribution in [-0.2, 0) is 6.42 Å². The second-order valence-corrected chi connectivity index (χ2v) is 4.00. The molecule has 0 amide bonds. The van der Waals surface area contributed by atoms with Crippen molar-refractivity contribution in [1.82, 2.24) is 5.32 Å². The molecule has 0 saturated heterocycles. The van der Waals surface area contributed by atoms with Crippen LogP contribution in [0.4, 0.5) is 0 Å². The van der Waals surface area contributed by atoms with Gasteiger partial charge in [-0.05, 0) is 43.1 Å². The van der Waals surface area contributed by atoms with Gasteiger partial charge in [-0.15, -0.1) is 0 Å². The van der Waals surface area contributed by atoms with E-state index in [1.54, 1.807) is 7.11 Å². The Labute approximate surface area is 90.1 Å². The summed E-state index contributed by atoms with van der Waals surface area (Å²) >= 11 is 0. The quantitative estimate of drug-likeness (QED) is 0.728. The maximum absolute atomic E-state index is 10.1. The van der Waals surface area contributed by atoms with E-state index in [0.717, 1.165) is 24.3 Å². The second kappa shape index (κ2) is 4.21. The molecule has 0 aromatic heterocycles. The normalized spacial score (nSPS) is 25.5. The number of rotatable bonds is 1. The van der Waals surface area contributed by atoms with Gasteiger partial charge in [0.15, 0.2) is 0 Å². The van der Waals surface area contributed by atoms with Gasteiger partial charge in [-0.25, -0.2) is 0 Å². The first-order valence-electron chi connectivity index (χ1n) is 5.30. The van der Waals surface area contributed by atoms with Crippen LogP contribution in [0.3, 0.4) is 0 Å². The maximum atomic E-state index is 10.1. The molecule has 1 aromatic rings. The van der Waals surface area contributed by atoms with Crippen molar-refractivity contribution < 1.29 is 9.84 Å². The number of hydrogen-bond donors (Lipinski definition) is 2. The summed E-state index contributed by atoms with van der Waals surface area (Å²) in [7, 11) is 1.66. The SMILES string of the molecule is COc1ccc2c(c1)CCN[C@H](C)[C@@H]2O. The molecule has 0 radical (unpaired) electrons. The fourth-order valence-electron chi connectivity index (χ4n) is 2.03. The second-order valence-electron chi connectivity index (χ2n) is 4.00. The van der Waals surface area contributed by atoms with Gasteiger partial charge >= 0.3 is 0 Å². The van der Waals surface area contributed by atoms with E-state index >= 15 is 0 Å². The van der Waals surface area contributed by atoms with Crippen molar-refractivity contribution in [3.8, 4) is 5.75 Å². The van der Waals surface area contributed by atoms with Crippen molar-refractivity contribution in [2.45, 2.75) is 25.5 Å². The molecule has 2 N–H and O–H groups in total. The summed E-state index contributed by atoms with van der Waals surface area (Å²) in [5.74, 6) is 0.857. The van der Waals surface area contributed by atoms with Crippen molar-refractivity contribution in [1.29, 1.82) is 0 Å². The molecule has 3 nitrogen and oxygen atoms in total. The molecule has 15 heavy (non-hydrogen) atoms. The molecule has 2 atom stereocenters. The van der Waals surface area contributed by atoms with Crippen LogP contribution in [-0.4, -0.2) is 24.8 Å². The van der Waals surface area contributed by atoms with Gasteiger partial charge in [-0.1, -0.05) is 6.07 Å². The van der Waals surface area contributed by atoms with Crippen molar-refractivity contribution in [2.75, 3.05) is 13.7 Å². The molecule has 1 aliphatic rings. The minimum Gasteiger partial charge on any atom is -0.497 e. The molecule has 0 bridgehead atoms. The Morgan fingerprint density at radius 1 is 1.47 bits per heavy atom. The zero-order chi connectivity index (χ0) is 10.8. The molecule has 1 aromatic carbocycles. The predicted octanol–water partition coefficient (Wildman–Crippen LogP) is 1.26. The van der Waals surface area contributed by atoms with Crippen LogP contribution in [0, 0.1) is 0 Å². The summed E-state index contributed by atoms with van der Waals surface area (Å²) in [5, 5.41) is 13.4. The number of hydrogen-bond acceptors (Lipinski definition) is 3. The molecule has 2 rings (SSSR count). The first kappa shape index (κ1) is 10.5. The minimum atomic E-state index is -0.423. The van der Waals surface area contributed by atoms with Crippen LogP contribution >= 0.6 is 0 Å². The Morgan fingerprint density at radius 3 is 3.00 bits per heavy atom. The van der Waals surface area contributed by atoms with E-state index in [4.69, 9.17) is 4.74 Å². The van der Waals surface area contributed by atoms with Gasteiger partial charge < -0.3 is 15.2 Å². The Morgan fingerprint density at radius 2 is 2.27 bits per heavy atom. The van der Waals surface area contributed by atoms with Crippen LogP contribution in [0.5, 0.6) is 5.75 Å². The third kappa shape index (κ3) is 1.98. The standard InChI is InChI=1S/C12H17NO2/c1-8-12(14)11-4-3-10(15-2)7-9(11)5-6-13-8/h3-4,7-8,12-14H,5-6H2,1-2H3/t8-,12+/m1/s1. The topological polar surface area (TPSA) is 41.5 Å². The lowest BCUT2D eigenvalue weighted by Gasteiger charge is -2.18. The molecule has 0 fully saturated rings. The third-order valence-electron chi connectivity index (χ3n) is 3.00. The monoisotopic (exact) mass is 207 g/mol. The number of methoxy groups -OCH3 is 1. The van der Waals surface area contributed by atoms with Gasteiger partial charge in [0.25, 0.3) is 0 Å². The van der Waals surface area contributed by atoms with Gasteiger partial charge in [0.1, 0.15) is 5.75 Å². The number of aliphatic hydroxyl groups is 1. The summed E-state index contributed by atoms with van der Waals surface area (Å²) in [4.78, 5) is 0. The fourth-order valence-corrected chi connectivity index (χ4v) is 2.03. The van der Waals surface area contributed by atoms with Crippen LogP contribution in [0.2, 0.25) is 0 Å². The molecule has 0 aliphatic carbocycles. The van der Waals surface area contributed by atoms with Crippen LogP contribution < -0.4 is 10.1 Å². The van der Waals surface area contributed by atoms with E-state index in [1.807, 2.05) is 25.1 Å². The van der Waals surface area contributed by atoms with E-state index in [0.29, 0.717) is 0 Å². The lowest BCUT2D eigenvalue weighted by atomic mass is 9.98. The van der Waals surface area contributed by atoms with E-state index < -0.39 is 6.10 Å². The maximum Gasteiger partial charge on any atom is 0.119 e. The molecule has 0 unspecified atom stereocenters. The number of ether oxygens (including phenoxy) is 1. The van der Waals surface area contributed by atoms with Crippen molar-refractivity contribution >= 4 is 0 Å². The number of benzene rings is 1. The predicted molar refractivity (Wildman–Crippen MR) is 59.1 cm³/mol. The molecule has 1 heterocycles.